The second-order valence-electron chi connectivity index (χ2n) is 4.10. The predicted molar refractivity (Wildman–Crippen MR) is 73.5 cm³/mol. The molecule has 0 aliphatic rings. The van der Waals surface area contributed by atoms with E-state index in [2.05, 4.69) is 5.32 Å². The van der Waals surface area contributed by atoms with Gasteiger partial charge in [0.1, 0.15) is 5.82 Å². The molecule has 0 amide bonds. The molecule has 0 aliphatic carbocycles. The first-order valence-electron chi connectivity index (χ1n) is 6.46. The molecule has 0 radical (unpaired) electrons. The molecule has 18 heavy (non-hydrogen) atoms. The van der Waals surface area contributed by atoms with Gasteiger partial charge in [-0.25, -0.2) is 4.39 Å². The zero-order valence-corrected chi connectivity index (χ0v) is 11.5. The minimum absolute atomic E-state index is 0.164. The summed E-state index contributed by atoms with van der Waals surface area (Å²) in [5, 5.41) is 3.24. The molecule has 1 N–H and O–H groups in total. The molecule has 1 rings (SSSR count). The Morgan fingerprint density at radius 3 is 2.72 bits per heavy atom. The number of ether oxygens (including phenoxy) is 1. The summed E-state index contributed by atoms with van der Waals surface area (Å²) in [4.78, 5) is 2.02. The van der Waals surface area contributed by atoms with Crippen LogP contribution in [0, 0.1) is 5.82 Å². The molecule has 0 heterocycles. The highest BCUT2D eigenvalue weighted by Crippen LogP contribution is 2.24. The average molecular weight is 254 g/mol. The van der Waals surface area contributed by atoms with E-state index in [-0.39, 0.29) is 5.82 Å². The number of nitrogens with one attached hydrogen (secondary N) is 1. The Morgan fingerprint density at radius 2 is 2.11 bits per heavy atom. The van der Waals surface area contributed by atoms with Gasteiger partial charge in [-0.05, 0) is 25.1 Å². The van der Waals surface area contributed by atoms with E-state index in [9.17, 15) is 4.39 Å². The van der Waals surface area contributed by atoms with Crippen LogP contribution in [0.25, 0.3) is 0 Å². The van der Waals surface area contributed by atoms with Gasteiger partial charge in [0.25, 0.3) is 0 Å². The van der Waals surface area contributed by atoms with Crippen LogP contribution in [0.15, 0.2) is 18.2 Å². The van der Waals surface area contributed by atoms with Crippen molar-refractivity contribution < 1.29 is 9.13 Å². The molecular formula is C14H23FN2O. The Morgan fingerprint density at radius 1 is 1.33 bits per heavy atom. The zero-order valence-electron chi connectivity index (χ0n) is 11.5. The Hall–Kier alpha value is -1.13. The molecule has 0 saturated heterocycles. The summed E-state index contributed by atoms with van der Waals surface area (Å²) in [5.74, 6) is -0.164. The number of methoxy groups -OCH3 is 1. The number of benzene rings is 1. The Bertz CT molecular complexity index is 358. The van der Waals surface area contributed by atoms with E-state index >= 15 is 0 Å². The number of likely N-dealkylation sites (N-methyl/N-ethyl adjacent to an activating group) is 1. The zero-order chi connectivity index (χ0) is 13.4. The first kappa shape index (κ1) is 14.9. The van der Waals surface area contributed by atoms with Crippen molar-refractivity contribution in [1.82, 2.24) is 5.32 Å². The van der Waals surface area contributed by atoms with Crippen molar-refractivity contribution in [3.05, 3.63) is 29.6 Å². The summed E-state index contributed by atoms with van der Waals surface area (Å²) >= 11 is 0. The third-order valence-electron chi connectivity index (χ3n) is 2.90. The third-order valence-corrected chi connectivity index (χ3v) is 2.90. The smallest absolute Gasteiger partial charge is 0.146 e. The van der Waals surface area contributed by atoms with E-state index in [4.69, 9.17) is 4.74 Å². The van der Waals surface area contributed by atoms with E-state index < -0.39 is 0 Å². The van der Waals surface area contributed by atoms with Crippen molar-refractivity contribution in [2.45, 2.75) is 20.4 Å². The van der Waals surface area contributed by atoms with Gasteiger partial charge in [0.2, 0.25) is 0 Å². The number of anilines is 1. The molecule has 102 valence electrons. The van der Waals surface area contributed by atoms with E-state index in [1.807, 2.05) is 24.8 Å². The Labute approximate surface area is 109 Å². The first-order valence-corrected chi connectivity index (χ1v) is 6.46. The molecule has 0 atom stereocenters. The lowest BCUT2D eigenvalue weighted by Gasteiger charge is -2.26. The monoisotopic (exact) mass is 254 g/mol. The van der Waals surface area contributed by atoms with Crippen LogP contribution < -0.4 is 10.2 Å². The number of para-hydroxylation sites is 1. The van der Waals surface area contributed by atoms with Gasteiger partial charge in [-0.15, -0.1) is 0 Å². The minimum atomic E-state index is -0.164. The molecule has 1 aromatic rings. The highest BCUT2D eigenvalue weighted by Gasteiger charge is 2.14. The molecule has 4 heteroatoms. The van der Waals surface area contributed by atoms with Crippen LogP contribution in [-0.2, 0) is 11.3 Å². The topological polar surface area (TPSA) is 24.5 Å². The molecular weight excluding hydrogens is 231 g/mol. The molecule has 0 bridgehead atoms. The lowest BCUT2D eigenvalue weighted by Crippen LogP contribution is -2.29. The highest BCUT2D eigenvalue weighted by atomic mass is 19.1. The van der Waals surface area contributed by atoms with Gasteiger partial charge in [-0.1, -0.05) is 19.1 Å². The molecule has 1 aromatic carbocycles. The number of rotatable bonds is 8. The summed E-state index contributed by atoms with van der Waals surface area (Å²) < 4.78 is 19.1. The van der Waals surface area contributed by atoms with Gasteiger partial charge >= 0.3 is 0 Å². The average Bonchev–Trinajstić information content (AvgIpc) is 2.39. The summed E-state index contributed by atoms with van der Waals surface area (Å²) in [6.07, 6.45) is 0. The van der Waals surface area contributed by atoms with Crippen molar-refractivity contribution in [2.75, 3.05) is 38.3 Å². The fourth-order valence-corrected chi connectivity index (χ4v) is 1.95. The number of hydrogen-bond acceptors (Lipinski definition) is 3. The van der Waals surface area contributed by atoms with Crippen LogP contribution in [0.5, 0.6) is 0 Å². The van der Waals surface area contributed by atoms with Crippen LogP contribution in [0.1, 0.15) is 19.4 Å². The maximum Gasteiger partial charge on any atom is 0.146 e. The van der Waals surface area contributed by atoms with E-state index in [0.29, 0.717) is 25.4 Å². The maximum atomic E-state index is 14.0. The SMILES string of the molecule is CCNCc1cccc(F)c1N(CC)CCOC. The molecule has 0 saturated carbocycles. The number of halogens is 1. The van der Waals surface area contributed by atoms with Gasteiger partial charge in [-0.2, -0.15) is 0 Å². The first-order chi connectivity index (χ1) is 8.74. The van der Waals surface area contributed by atoms with Crippen LogP contribution >= 0.6 is 0 Å². The minimum Gasteiger partial charge on any atom is -0.383 e. The molecule has 0 unspecified atom stereocenters. The van der Waals surface area contributed by atoms with Crippen molar-refractivity contribution in [3.8, 4) is 0 Å². The van der Waals surface area contributed by atoms with Crippen LogP contribution in [-0.4, -0.2) is 33.4 Å². The Balaban J connectivity index is 2.94. The number of hydrogen-bond donors (Lipinski definition) is 1. The van der Waals surface area contributed by atoms with Gasteiger partial charge in [-0.3, -0.25) is 0 Å². The standard InChI is InChI=1S/C14H23FN2O/c1-4-16-11-12-7-6-8-13(15)14(12)17(5-2)9-10-18-3/h6-8,16H,4-5,9-11H2,1-3H3. The molecule has 0 spiro atoms. The van der Waals surface area contributed by atoms with E-state index in [0.717, 1.165) is 18.7 Å². The lowest BCUT2D eigenvalue weighted by molar-refractivity contribution is 0.205. The molecule has 0 aromatic heterocycles. The fraction of sp³-hybridized carbons (Fsp3) is 0.571. The summed E-state index contributed by atoms with van der Waals surface area (Å²) in [7, 11) is 1.66. The summed E-state index contributed by atoms with van der Waals surface area (Å²) in [6, 6.07) is 5.24. The van der Waals surface area contributed by atoms with Crippen molar-refractivity contribution in [1.29, 1.82) is 0 Å². The maximum absolute atomic E-state index is 14.0. The third kappa shape index (κ3) is 3.96. The molecule has 0 fully saturated rings. The second kappa shape index (κ2) is 8.06. The highest BCUT2D eigenvalue weighted by molar-refractivity contribution is 5.54. The normalized spacial score (nSPS) is 10.7. The Kier molecular flexibility index (Phi) is 6.68. The largest absolute Gasteiger partial charge is 0.383 e. The molecule has 3 nitrogen and oxygen atoms in total. The summed E-state index contributed by atoms with van der Waals surface area (Å²) in [5.41, 5.74) is 1.69. The quantitative estimate of drug-likeness (QED) is 0.771. The molecule has 0 aliphatic heterocycles. The fourth-order valence-electron chi connectivity index (χ4n) is 1.95. The second-order valence-corrected chi connectivity index (χ2v) is 4.10. The van der Waals surface area contributed by atoms with Gasteiger partial charge < -0.3 is 15.0 Å². The van der Waals surface area contributed by atoms with Crippen LogP contribution in [0.2, 0.25) is 0 Å². The van der Waals surface area contributed by atoms with Crippen molar-refractivity contribution in [3.63, 3.8) is 0 Å². The van der Waals surface area contributed by atoms with Gasteiger partial charge in [0.05, 0.1) is 12.3 Å². The van der Waals surface area contributed by atoms with E-state index in [1.54, 1.807) is 13.2 Å². The summed E-state index contributed by atoms with van der Waals surface area (Å²) in [6.45, 7) is 7.70. The van der Waals surface area contributed by atoms with Gasteiger partial charge in [0, 0.05) is 26.7 Å². The number of nitrogens with zero attached hydrogens (tertiary/aromatic N) is 1. The van der Waals surface area contributed by atoms with E-state index in [1.165, 1.54) is 6.07 Å². The van der Waals surface area contributed by atoms with Crippen LogP contribution in [0.4, 0.5) is 10.1 Å². The van der Waals surface area contributed by atoms with Gasteiger partial charge in [0.15, 0.2) is 0 Å². The van der Waals surface area contributed by atoms with Crippen molar-refractivity contribution in [2.24, 2.45) is 0 Å². The lowest BCUT2D eigenvalue weighted by atomic mass is 10.1. The predicted octanol–water partition coefficient (Wildman–Crippen LogP) is 2.41. The van der Waals surface area contributed by atoms with Crippen molar-refractivity contribution >= 4 is 5.69 Å². The van der Waals surface area contributed by atoms with Crippen LogP contribution in [0.3, 0.4) is 0 Å².